The van der Waals surface area contributed by atoms with E-state index in [4.69, 9.17) is 16.9 Å². The molecule has 0 saturated heterocycles. The van der Waals surface area contributed by atoms with E-state index >= 15 is 0 Å². The summed E-state index contributed by atoms with van der Waals surface area (Å²) in [7, 11) is 1.63. The Morgan fingerprint density at radius 1 is 1.40 bits per heavy atom. The first-order valence-corrected chi connectivity index (χ1v) is 4.59. The third kappa shape index (κ3) is 4.46. The van der Waals surface area contributed by atoms with Gasteiger partial charge in [0.05, 0.1) is 12.6 Å². The van der Waals surface area contributed by atoms with Crippen molar-refractivity contribution in [3.63, 3.8) is 0 Å². The van der Waals surface area contributed by atoms with E-state index in [0.717, 1.165) is 11.1 Å². The molecule has 2 heteroatoms. The smallest absolute Gasteiger partial charge is 0.0655 e. The predicted molar refractivity (Wildman–Crippen MR) is 64.4 cm³/mol. The van der Waals surface area contributed by atoms with Crippen molar-refractivity contribution in [1.82, 2.24) is 0 Å². The predicted octanol–water partition coefficient (Wildman–Crippen LogP) is 2.12. The van der Waals surface area contributed by atoms with Crippen LogP contribution in [0.5, 0.6) is 0 Å². The minimum atomic E-state index is -0.0724. The lowest BCUT2D eigenvalue weighted by Crippen LogP contribution is -2.15. The molecule has 1 aromatic carbocycles. The molecule has 80 valence electrons. The van der Waals surface area contributed by atoms with Crippen LogP contribution < -0.4 is 5.73 Å². The molecule has 2 nitrogen and oxygen atoms in total. The monoisotopic (exact) mass is 203 g/mol. The normalized spacial score (nSPS) is 10.7. The molecule has 0 bridgehead atoms. The van der Waals surface area contributed by atoms with Gasteiger partial charge in [0.2, 0.25) is 0 Å². The first-order chi connectivity index (χ1) is 7.27. The number of methoxy groups -OCH3 is 1. The summed E-state index contributed by atoms with van der Waals surface area (Å²) in [5.41, 5.74) is 7.73. The molecule has 1 unspecified atom stereocenters. The molecule has 0 aliphatic rings. The number of terminal acetylenes is 1. The summed E-state index contributed by atoms with van der Waals surface area (Å²) in [6, 6.07) is 7.55. The lowest BCUT2D eigenvalue weighted by molar-refractivity contribution is 0.181. The topological polar surface area (TPSA) is 35.2 Å². The maximum absolute atomic E-state index is 5.82. The van der Waals surface area contributed by atoms with Gasteiger partial charge in [-0.3, -0.25) is 0 Å². The zero-order chi connectivity index (χ0) is 11.7. The fourth-order valence-corrected chi connectivity index (χ4v) is 1.10. The van der Waals surface area contributed by atoms with Crippen LogP contribution in [0, 0.1) is 12.3 Å². The maximum Gasteiger partial charge on any atom is 0.0655 e. The average molecular weight is 203 g/mol. The van der Waals surface area contributed by atoms with Crippen LogP contribution in [-0.2, 0) is 4.74 Å². The van der Waals surface area contributed by atoms with Gasteiger partial charge in [0.15, 0.2) is 0 Å². The van der Waals surface area contributed by atoms with Crippen LogP contribution in [0.1, 0.15) is 17.2 Å². The highest BCUT2D eigenvalue weighted by Gasteiger charge is 2.03. The van der Waals surface area contributed by atoms with Crippen molar-refractivity contribution in [2.45, 2.75) is 6.04 Å². The zero-order valence-corrected chi connectivity index (χ0v) is 9.07. The summed E-state index contributed by atoms with van der Waals surface area (Å²) in [5.74, 6) is 2.55. The van der Waals surface area contributed by atoms with Crippen molar-refractivity contribution in [1.29, 1.82) is 0 Å². The van der Waals surface area contributed by atoms with Gasteiger partial charge in [-0.25, -0.2) is 0 Å². The van der Waals surface area contributed by atoms with E-state index in [1.165, 1.54) is 0 Å². The van der Waals surface area contributed by atoms with Crippen molar-refractivity contribution in [2.24, 2.45) is 5.73 Å². The zero-order valence-electron chi connectivity index (χ0n) is 9.07. The Hall–Kier alpha value is -1.56. The second-order valence-corrected chi connectivity index (χ2v) is 2.83. The van der Waals surface area contributed by atoms with E-state index < -0.39 is 0 Å². The van der Waals surface area contributed by atoms with Crippen molar-refractivity contribution in [2.75, 3.05) is 13.7 Å². The number of rotatable bonds is 3. The highest BCUT2D eigenvalue weighted by atomic mass is 16.5. The third-order valence-electron chi connectivity index (χ3n) is 1.85. The first kappa shape index (κ1) is 13.4. The number of ether oxygens (including phenoxy) is 1. The lowest BCUT2D eigenvalue weighted by Gasteiger charge is -2.10. The molecule has 0 aromatic heterocycles. The van der Waals surface area contributed by atoms with E-state index in [0.29, 0.717) is 6.61 Å². The van der Waals surface area contributed by atoms with Crippen LogP contribution in [0.3, 0.4) is 0 Å². The summed E-state index contributed by atoms with van der Waals surface area (Å²) in [5, 5.41) is 0. The van der Waals surface area contributed by atoms with Gasteiger partial charge in [-0.1, -0.05) is 18.1 Å². The number of hydrogen-bond donors (Lipinski definition) is 1. The van der Waals surface area contributed by atoms with Crippen molar-refractivity contribution >= 4 is 0 Å². The number of benzene rings is 1. The van der Waals surface area contributed by atoms with Crippen LogP contribution in [0.4, 0.5) is 0 Å². The first-order valence-electron chi connectivity index (χ1n) is 4.59. The highest BCUT2D eigenvalue weighted by Crippen LogP contribution is 2.11. The van der Waals surface area contributed by atoms with Gasteiger partial charge in [-0.2, -0.15) is 0 Å². The van der Waals surface area contributed by atoms with Gasteiger partial charge in [0, 0.05) is 12.7 Å². The van der Waals surface area contributed by atoms with Gasteiger partial charge in [0.1, 0.15) is 0 Å². The second kappa shape index (κ2) is 7.81. The highest BCUT2D eigenvalue weighted by molar-refractivity contribution is 5.35. The second-order valence-electron chi connectivity index (χ2n) is 2.83. The Kier molecular flexibility index (Phi) is 7.00. The summed E-state index contributed by atoms with van der Waals surface area (Å²) < 4.78 is 4.95. The Morgan fingerprint density at radius 3 is 2.33 bits per heavy atom. The standard InChI is InChI=1S/C11H13NO.C2H4/c1-3-9-4-6-10(7-5-9)11(12)8-13-2;1-2/h1,4-7,11H,8,12H2,2H3;1-2H2. The Balaban J connectivity index is 0.000000921. The van der Waals surface area contributed by atoms with E-state index in [-0.39, 0.29) is 6.04 Å². The Labute approximate surface area is 91.8 Å². The van der Waals surface area contributed by atoms with Gasteiger partial charge in [-0.15, -0.1) is 19.6 Å². The molecule has 0 heterocycles. The van der Waals surface area contributed by atoms with Crippen LogP contribution in [0.15, 0.2) is 37.4 Å². The molecule has 2 N–H and O–H groups in total. The molecular weight excluding hydrogens is 186 g/mol. The molecule has 1 atom stereocenters. The molecule has 0 saturated carbocycles. The van der Waals surface area contributed by atoms with Crippen LogP contribution in [0.2, 0.25) is 0 Å². The fraction of sp³-hybridized carbons (Fsp3) is 0.231. The largest absolute Gasteiger partial charge is 0.383 e. The van der Waals surface area contributed by atoms with Gasteiger partial charge in [0.25, 0.3) is 0 Å². The molecule has 0 amide bonds. The summed E-state index contributed by atoms with van der Waals surface area (Å²) in [4.78, 5) is 0. The molecule has 15 heavy (non-hydrogen) atoms. The van der Waals surface area contributed by atoms with Gasteiger partial charge < -0.3 is 10.5 Å². The summed E-state index contributed by atoms with van der Waals surface area (Å²) in [6.07, 6.45) is 5.23. The van der Waals surface area contributed by atoms with Crippen molar-refractivity contribution in [3.8, 4) is 12.3 Å². The number of hydrogen-bond acceptors (Lipinski definition) is 2. The van der Waals surface area contributed by atoms with Crippen LogP contribution in [-0.4, -0.2) is 13.7 Å². The van der Waals surface area contributed by atoms with E-state index in [1.807, 2.05) is 24.3 Å². The molecule has 0 fully saturated rings. The maximum atomic E-state index is 5.82. The molecule has 1 aromatic rings. The van der Waals surface area contributed by atoms with Crippen LogP contribution >= 0.6 is 0 Å². The van der Waals surface area contributed by atoms with Crippen molar-refractivity contribution < 1.29 is 4.74 Å². The van der Waals surface area contributed by atoms with Crippen molar-refractivity contribution in [3.05, 3.63) is 48.6 Å². The van der Waals surface area contributed by atoms with Crippen LogP contribution in [0.25, 0.3) is 0 Å². The fourth-order valence-electron chi connectivity index (χ4n) is 1.10. The summed E-state index contributed by atoms with van der Waals surface area (Å²) >= 11 is 0. The molecule has 1 rings (SSSR count). The summed E-state index contributed by atoms with van der Waals surface area (Å²) in [6.45, 7) is 6.52. The quantitative estimate of drug-likeness (QED) is 0.603. The molecule has 0 aliphatic carbocycles. The minimum absolute atomic E-state index is 0.0724. The molecular formula is C13H17NO. The van der Waals surface area contributed by atoms with Gasteiger partial charge >= 0.3 is 0 Å². The third-order valence-corrected chi connectivity index (χ3v) is 1.85. The Morgan fingerprint density at radius 2 is 1.93 bits per heavy atom. The minimum Gasteiger partial charge on any atom is -0.383 e. The van der Waals surface area contributed by atoms with E-state index in [9.17, 15) is 0 Å². The Bertz CT molecular complexity index is 310. The molecule has 0 aliphatic heterocycles. The number of nitrogens with two attached hydrogens (primary N) is 1. The van der Waals surface area contributed by atoms with E-state index in [2.05, 4.69) is 19.1 Å². The van der Waals surface area contributed by atoms with Gasteiger partial charge in [-0.05, 0) is 17.7 Å². The molecule has 0 spiro atoms. The lowest BCUT2D eigenvalue weighted by atomic mass is 10.1. The average Bonchev–Trinajstić information content (AvgIpc) is 2.32. The SMILES string of the molecule is C#Cc1ccc(C(N)COC)cc1.C=C. The molecule has 0 radical (unpaired) electrons. The van der Waals surface area contributed by atoms with E-state index in [1.54, 1.807) is 7.11 Å².